The van der Waals surface area contributed by atoms with Crippen molar-refractivity contribution in [3.63, 3.8) is 0 Å². The summed E-state index contributed by atoms with van der Waals surface area (Å²) >= 11 is 9.72. The van der Waals surface area contributed by atoms with Crippen LogP contribution in [-0.2, 0) is 4.43 Å². The molecule has 1 aromatic carbocycles. The lowest BCUT2D eigenvalue weighted by Gasteiger charge is -2.36. The first kappa shape index (κ1) is 19.9. The van der Waals surface area contributed by atoms with E-state index in [4.69, 9.17) is 16.0 Å². The zero-order valence-corrected chi connectivity index (χ0v) is 18.8. The maximum absolute atomic E-state index is 6.34. The van der Waals surface area contributed by atoms with Gasteiger partial charge in [-0.3, -0.25) is 0 Å². The molecule has 1 heterocycles. The Morgan fingerprint density at radius 2 is 1.92 bits per heavy atom. The van der Waals surface area contributed by atoms with Crippen molar-refractivity contribution in [3.8, 4) is 0 Å². The second-order valence-corrected chi connectivity index (χ2v) is 14.0. The van der Waals surface area contributed by atoms with Crippen LogP contribution in [0.4, 0.5) is 0 Å². The number of fused-ring (bicyclic) bond motifs is 1. The highest BCUT2D eigenvalue weighted by Gasteiger charge is 2.36. The van der Waals surface area contributed by atoms with E-state index in [2.05, 4.69) is 73.8 Å². The van der Waals surface area contributed by atoms with E-state index in [1.807, 2.05) is 12.3 Å². The molecule has 0 saturated carbocycles. The van der Waals surface area contributed by atoms with E-state index in [0.29, 0.717) is 11.1 Å². The molecular weight excluding hydrogens is 402 g/mol. The largest absolute Gasteiger partial charge is 0.417 e. The fourth-order valence-corrected chi connectivity index (χ4v) is 4.16. The molecule has 1 unspecified atom stereocenters. The number of hydrogen-bond acceptors (Lipinski definition) is 2. The third-order valence-electron chi connectivity index (χ3n) is 5.20. The van der Waals surface area contributed by atoms with Crippen molar-refractivity contribution >= 4 is 46.6 Å². The lowest BCUT2D eigenvalue weighted by atomic mass is 9.93. The Labute approximate surface area is 160 Å². The summed E-state index contributed by atoms with van der Waals surface area (Å²) in [7, 11) is -1.68. The van der Waals surface area contributed by atoms with Crippen molar-refractivity contribution in [1.29, 1.82) is 0 Å². The molecule has 0 spiro atoms. The number of halogens is 2. The lowest BCUT2D eigenvalue weighted by molar-refractivity contribution is 0.274. The van der Waals surface area contributed by atoms with E-state index in [-0.39, 0.29) is 5.04 Å². The van der Waals surface area contributed by atoms with Crippen molar-refractivity contribution in [2.45, 2.75) is 58.2 Å². The molecule has 0 saturated heterocycles. The van der Waals surface area contributed by atoms with Gasteiger partial charge in [0.05, 0.1) is 0 Å². The zero-order valence-electron chi connectivity index (χ0n) is 15.4. The molecule has 0 bridgehead atoms. The summed E-state index contributed by atoms with van der Waals surface area (Å²) in [5.41, 5.74) is 1.30. The number of pyridine rings is 1. The number of rotatable bonds is 5. The first-order valence-electron chi connectivity index (χ1n) is 8.40. The Bertz CT molecular complexity index is 727. The van der Waals surface area contributed by atoms with Crippen molar-refractivity contribution in [1.82, 2.24) is 4.98 Å². The molecule has 2 rings (SSSR count). The average Bonchev–Trinajstić information content (AvgIpc) is 2.45. The van der Waals surface area contributed by atoms with Gasteiger partial charge in [-0.25, -0.2) is 4.98 Å². The molecule has 24 heavy (non-hydrogen) atoms. The molecule has 0 aliphatic heterocycles. The molecule has 5 heteroatoms. The standard InChI is InChI=1S/C19H27BrClNOSi/c1-13(9-10-23-24(5,6)19(2,3)4)14-7-8-17(20)16-12-22-18(21)11-15(14)16/h7-8,11-13H,9-10H2,1-6H3. The first-order chi connectivity index (χ1) is 11.0. The summed E-state index contributed by atoms with van der Waals surface area (Å²) in [5, 5.41) is 3.06. The van der Waals surface area contributed by atoms with Crippen molar-refractivity contribution in [2.24, 2.45) is 0 Å². The van der Waals surface area contributed by atoms with Gasteiger partial charge in [0, 0.05) is 22.7 Å². The molecule has 0 amide bonds. The van der Waals surface area contributed by atoms with Crippen LogP contribution < -0.4 is 0 Å². The fraction of sp³-hybridized carbons (Fsp3) is 0.526. The summed E-state index contributed by atoms with van der Waals surface area (Å²) in [6.07, 6.45) is 2.84. The average molecular weight is 429 g/mol. The minimum absolute atomic E-state index is 0.250. The number of aromatic nitrogens is 1. The zero-order chi connectivity index (χ0) is 18.1. The second kappa shape index (κ2) is 7.44. The molecule has 0 radical (unpaired) electrons. The minimum Gasteiger partial charge on any atom is -0.417 e. The van der Waals surface area contributed by atoms with Crippen LogP contribution in [0.3, 0.4) is 0 Å². The van der Waals surface area contributed by atoms with Gasteiger partial charge in [-0.05, 0) is 53.6 Å². The molecule has 2 nitrogen and oxygen atoms in total. The van der Waals surface area contributed by atoms with Gasteiger partial charge in [0.2, 0.25) is 0 Å². The molecule has 0 aliphatic carbocycles. The van der Waals surface area contributed by atoms with Crippen molar-refractivity contribution < 1.29 is 4.43 Å². The van der Waals surface area contributed by atoms with Gasteiger partial charge < -0.3 is 4.43 Å². The smallest absolute Gasteiger partial charge is 0.191 e. The lowest BCUT2D eigenvalue weighted by Crippen LogP contribution is -2.41. The summed E-state index contributed by atoms with van der Waals surface area (Å²) in [6, 6.07) is 6.24. The SMILES string of the molecule is CC(CCO[Si](C)(C)C(C)(C)C)c1ccc(Br)c2cnc(Cl)cc12. The molecule has 0 aliphatic rings. The molecule has 0 N–H and O–H groups in total. The van der Waals surface area contributed by atoms with Crippen LogP contribution >= 0.6 is 27.5 Å². The van der Waals surface area contributed by atoms with Gasteiger partial charge in [-0.1, -0.05) is 61.3 Å². The van der Waals surface area contributed by atoms with Gasteiger partial charge in [-0.15, -0.1) is 0 Å². The van der Waals surface area contributed by atoms with Gasteiger partial charge in [0.15, 0.2) is 8.32 Å². The summed E-state index contributed by atoms with van der Waals surface area (Å²) in [5.74, 6) is 0.406. The van der Waals surface area contributed by atoms with Crippen molar-refractivity contribution in [3.05, 3.63) is 39.6 Å². The summed E-state index contributed by atoms with van der Waals surface area (Å²) in [4.78, 5) is 4.21. The normalized spacial score (nSPS) is 14.2. The number of nitrogens with zero attached hydrogens (tertiary/aromatic N) is 1. The summed E-state index contributed by atoms with van der Waals surface area (Å²) < 4.78 is 7.39. The molecule has 132 valence electrons. The van der Waals surface area contributed by atoms with E-state index in [0.717, 1.165) is 22.9 Å². The monoisotopic (exact) mass is 427 g/mol. The topological polar surface area (TPSA) is 22.1 Å². The quantitative estimate of drug-likeness (QED) is 0.372. The Hall–Kier alpha value is -0.423. The molecule has 0 fully saturated rings. The van der Waals surface area contributed by atoms with E-state index in [9.17, 15) is 0 Å². The maximum Gasteiger partial charge on any atom is 0.191 e. The van der Waals surface area contributed by atoms with Crippen LogP contribution in [0.25, 0.3) is 10.8 Å². The Morgan fingerprint density at radius 3 is 2.54 bits per heavy atom. The third kappa shape index (κ3) is 4.40. The first-order valence-corrected chi connectivity index (χ1v) is 12.5. The highest BCUT2D eigenvalue weighted by atomic mass is 79.9. The second-order valence-electron chi connectivity index (χ2n) is 7.99. The third-order valence-corrected chi connectivity index (χ3v) is 10.6. The Kier molecular flexibility index (Phi) is 6.17. The molecule has 1 aromatic heterocycles. The van der Waals surface area contributed by atoms with Crippen LogP contribution in [-0.4, -0.2) is 19.9 Å². The van der Waals surface area contributed by atoms with Crippen LogP contribution in [0, 0.1) is 0 Å². The van der Waals surface area contributed by atoms with Crippen LogP contribution in [0.5, 0.6) is 0 Å². The molecule has 2 aromatic rings. The van der Waals surface area contributed by atoms with Gasteiger partial charge in [0.1, 0.15) is 5.15 Å². The van der Waals surface area contributed by atoms with Gasteiger partial charge >= 0.3 is 0 Å². The summed E-state index contributed by atoms with van der Waals surface area (Å²) in [6.45, 7) is 14.5. The number of hydrogen-bond donors (Lipinski definition) is 0. The molecular formula is C19H27BrClNOSi. The van der Waals surface area contributed by atoms with E-state index >= 15 is 0 Å². The van der Waals surface area contributed by atoms with Crippen LogP contribution in [0.2, 0.25) is 23.3 Å². The number of benzene rings is 1. The Balaban J connectivity index is 2.16. The van der Waals surface area contributed by atoms with Crippen molar-refractivity contribution in [2.75, 3.05) is 6.61 Å². The predicted molar refractivity (Wildman–Crippen MR) is 111 cm³/mol. The highest BCUT2D eigenvalue weighted by Crippen LogP contribution is 2.37. The fourth-order valence-electron chi connectivity index (χ4n) is 2.49. The predicted octanol–water partition coefficient (Wildman–Crippen LogP) is 7.17. The van der Waals surface area contributed by atoms with Gasteiger partial charge in [0.25, 0.3) is 0 Å². The van der Waals surface area contributed by atoms with E-state index < -0.39 is 8.32 Å². The molecule has 1 atom stereocenters. The van der Waals surface area contributed by atoms with Crippen LogP contribution in [0.1, 0.15) is 45.6 Å². The van der Waals surface area contributed by atoms with E-state index in [1.165, 1.54) is 10.9 Å². The Morgan fingerprint density at radius 1 is 1.25 bits per heavy atom. The van der Waals surface area contributed by atoms with Gasteiger partial charge in [-0.2, -0.15) is 0 Å². The van der Waals surface area contributed by atoms with Crippen LogP contribution in [0.15, 0.2) is 28.9 Å². The van der Waals surface area contributed by atoms with E-state index in [1.54, 1.807) is 0 Å². The minimum atomic E-state index is -1.68. The highest BCUT2D eigenvalue weighted by molar-refractivity contribution is 9.10. The maximum atomic E-state index is 6.34.